The molecule has 0 N–H and O–H groups in total. The Balaban J connectivity index is 1.76. The molecule has 2 aliphatic rings. The Morgan fingerprint density at radius 3 is 3.00 bits per heavy atom. The molecule has 0 radical (unpaired) electrons. The maximum absolute atomic E-state index is 12.7. The zero-order valence-corrected chi connectivity index (χ0v) is 12.7. The van der Waals surface area contributed by atoms with E-state index in [0.29, 0.717) is 25.2 Å². The Morgan fingerprint density at radius 2 is 2.27 bits per heavy atom. The smallest absolute Gasteiger partial charge is 0.255 e. The Hall–Kier alpha value is -2.17. The predicted molar refractivity (Wildman–Crippen MR) is 83.2 cm³/mol. The highest BCUT2D eigenvalue weighted by Gasteiger charge is 2.49. The summed E-state index contributed by atoms with van der Waals surface area (Å²) in [6.45, 7) is 6.30. The minimum absolute atomic E-state index is 0.0258. The number of nitrogens with zero attached hydrogens (tertiary/aromatic N) is 3. The molecule has 2 aliphatic heterocycles. The van der Waals surface area contributed by atoms with Crippen molar-refractivity contribution in [1.29, 1.82) is 0 Å². The van der Waals surface area contributed by atoms with E-state index in [-0.39, 0.29) is 17.2 Å². The first kappa shape index (κ1) is 14.8. The molecule has 116 valence electrons. The van der Waals surface area contributed by atoms with Crippen LogP contribution in [0.1, 0.15) is 29.6 Å². The van der Waals surface area contributed by atoms with E-state index in [2.05, 4.69) is 11.6 Å². The molecule has 1 atom stereocenters. The lowest BCUT2D eigenvalue weighted by Crippen LogP contribution is -2.49. The molecule has 0 aliphatic carbocycles. The third-order valence-corrected chi connectivity index (χ3v) is 4.72. The molecule has 5 heteroatoms. The van der Waals surface area contributed by atoms with Gasteiger partial charge in [-0.3, -0.25) is 14.6 Å². The summed E-state index contributed by atoms with van der Waals surface area (Å²) in [6.07, 6.45) is 7.58. The molecule has 2 amide bonds. The summed E-state index contributed by atoms with van der Waals surface area (Å²) < 4.78 is 0. The van der Waals surface area contributed by atoms with Crippen molar-refractivity contribution < 1.29 is 9.59 Å². The lowest BCUT2D eigenvalue weighted by Gasteiger charge is -2.39. The van der Waals surface area contributed by atoms with Crippen molar-refractivity contribution in [2.24, 2.45) is 5.41 Å². The van der Waals surface area contributed by atoms with E-state index in [1.165, 1.54) is 0 Å². The summed E-state index contributed by atoms with van der Waals surface area (Å²) in [6, 6.07) is 3.54. The standard InChI is InChI=1S/C17H21N3O2/c1-2-9-19-11-7-17(16(19)22)6-4-10-20(13-17)15(21)14-5-3-8-18-12-14/h2-3,5,8,12H,1,4,6-7,9-11,13H2/t17-/m0/s1. The fourth-order valence-corrected chi connectivity index (χ4v) is 3.58. The number of carbonyl (C=O) groups is 2. The monoisotopic (exact) mass is 299 g/mol. The van der Waals surface area contributed by atoms with E-state index in [1.54, 1.807) is 30.6 Å². The third-order valence-electron chi connectivity index (χ3n) is 4.72. The molecule has 5 nitrogen and oxygen atoms in total. The van der Waals surface area contributed by atoms with Gasteiger partial charge in [-0.25, -0.2) is 0 Å². The Morgan fingerprint density at radius 1 is 1.41 bits per heavy atom. The molecule has 0 aromatic carbocycles. The maximum Gasteiger partial charge on any atom is 0.255 e. The summed E-state index contributed by atoms with van der Waals surface area (Å²) in [7, 11) is 0. The van der Waals surface area contributed by atoms with E-state index in [9.17, 15) is 9.59 Å². The maximum atomic E-state index is 12.7. The van der Waals surface area contributed by atoms with Crippen LogP contribution in [0.3, 0.4) is 0 Å². The lowest BCUT2D eigenvalue weighted by atomic mass is 9.78. The van der Waals surface area contributed by atoms with E-state index < -0.39 is 0 Å². The second-order valence-electron chi connectivity index (χ2n) is 6.14. The number of pyridine rings is 1. The van der Waals surface area contributed by atoms with Crippen molar-refractivity contribution in [3.8, 4) is 0 Å². The van der Waals surface area contributed by atoms with Crippen LogP contribution < -0.4 is 0 Å². The van der Waals surface area contributed by atoms with E-state index in [0.717, 1.165) is 25.8 Å². The number of piperidine rings is 1. The SMILES string of the molecule is C=CCN1CC[C@]2(CCCN(C(=O)c3cccnc3)C2)C1=O. The minimum Gasteiger partial charge on any atom is -0.338 e. The van der Waals surface area contributed by atoms with Crippen molar-refractivity contribution in [2.75, 3.05) is 26.2 Å². The van der Waals surface area contributed by atoms with Crippen molar-refractivity contribution in [2.45, 2.75) is 19.3 Å². The van der Waals surface area contributed by atoms with Gasteiger partial charge in [0.2, 0.25) is 5.91 Å². The first-order valence-electron chi connectivity index (χ1n) is 7.76. The normalized spacial score (nSPS) is 24.8. The van der Waals surface area contributed by atoms with Crippen LogP contribution in [0.15, 0.2) is 37.2 Å². The van der Waals surface area contributed by atoms with Crippen LogP contribution in [0.2, 0.25) is 0 Å². The van der Waals surface area contributed by atoms with Crippen LogP contribution in [0, 0.1) is 5.41 Å². The van der Waals surface area contributed by atoms with Gasteiger partial charge in [0.15, 0.2) is 0 Å². The van der Waals surface area contributed by atoms with Crippen LogP contribution in [0.25, 0.3) is 0 Å². The number of hydrogen-bond donors (Lipinski definition) is 0. The molecule has 1 aromatic heterocycles. The van der Waals surface area contributed by atoms with Crippen LogP contribution in [-0.4, -0.2) is 52.8 Å². The summed E-state index contributed by atoms with van der Waals surface area (Å²) in [5, 5.41) is 0. The number of aromatic nitrogens is 1. The quantitative estimate of drug-likeness (QED) is 0.799. The van der Waals surface area contributed by atoms with Gasteiger partial charge in [0.1, 0.15) is 0 Å². The molecular weight excluding hydrogens is 278 g/mol. The first-order valence-corrected chi connectivity index (χ1v) is 7.76. The van der Waals surface area contributed by atoms with Crippen LogP contribution in [-0.2, 0) is 4.79 Å². The number of carbonyl (C=O) groups excluding carboxylic acids is 2. The van der Waals surface area contributed by atoms with Crippen LogP contribution in [0.4, 0.5) is 0 Å². The van der Waals surface area contributed by atoms with E-state index in [4.69, 9.17) is 0 Å². The van der Waals surface area contributed by atoms with Gasteiger partial charge >= 0.3 is 0 Å². The predicted octanol–water partition coefficient (Wildman–Crippen LogP) is 1.72. The van der Waals surface area contributed by atoms with Crippen molar-refractivity contribution in [1.82, 2.24) is 14.8 Å². The minimum atomic E-state index is -0.390. The van der Waals surface area contributed by atoms with Gasteiger partial charge in [0.05, 0.1) is 11.0 Å². The molecule has 1 aromatic rings. The Kier molecular flexibility index (Phi) is 3.96. The highest BCUT2D eigenvalue weighted by atomic mass is 16.2. The fourth-order valence-electron chi connectivity index (χ4n) is 3.58. The average Bonchev–Trinajstić information content (AvgIpc) is 2.85. The highest BCUT2D eigenvalue weighted by Crippen LogP contribution is 2.40. The topological polar surface area (TPSA) is 53.5 Å². The van der Waals surface area contributed by atoms with Crippen molar-refractivity contribution in [3.05, 3.63) is 42.7 Å². The molecule has 22 heavy (non-hydrogen) atoms. The summed E-state index contributed by atoms with van der Waals surface area (Å²) >= 11 is 0. The molecule has 0 bridgehead atoms. The first-order chi connectivity index (χ1) is 10.7. The Bertz CT molecular complexity index is 587. The van der Waals surface area contributed by atoms with Crippen LogP contribution in [0.5, 0.6) is 0 Å². The molecular formula is C17H21N3O2. The van der Waals surface area contributed by atoms with Gasteiger partial charge in [-0.15, -0.1) is 6.58 Å². The molecule has 0 unspecified atom stereocenters. The average molecular weight is 299 g/mol. The number of hydrogen-bond acceptors (Lipinski definition) is 3. The van der Waals surface area contributed by atoms with Crippen LogP contribution >= 0.6 is 0 Å². The van der Waals surface area contributed by atoms with Gasteiger partial charge in [-0.2, -0.15) is 0 Å². The van der Waals surface area contributed by atoms with Crippen molar-refractivity contribution in [3.63, 3.8) is 0 Å². The van der Waals surface area contributed by atoms with E-state index >= 15 is 0 Å². The van der Waals surface area contributed by atoms with Gasteiger partial charge in [-0.05, 0) is 31.4 Å². The fraction of sp³-hybridized carbons (Fsp3) is 0.471. The molecule has 3 rings (SSSR count). The largest absolute Gasteiger partial charge is 0.338 e. The second-order valence-corrected chi connectivity index (χ2v) is 6.14. The lowest BCUT2D eigenvalue weighted by molar-refractivity contribution is -0.137. The molecule has 0 saturated carbocycles. The van der Waals surface area contributed by atoms with E-state index in [1.807, 2.05) is 9.80 Å². The van der Waals surface area contributed by atoms with Gasteiger partial charge in [-0.1, -0.05) is 6.08 Å². The summed E-state index contributed by atoms with van der Waals surface area (Å²) in [5.74, 6) is 0.151. The molecule has 3 heterocycles. The Labute approximate surface area is 130 Å². The van der Waals surface area contributed by atoms with Crippen molar-refractivity contribution >= 4 is 11.8 Å². The zero-order valence-electron chi connectivity index (χ0n) is 12.7. The molecule has 2 saturated heterocycles. The highest BCUT2D eigenvalue weighted by molar-refractivity contribution is 5.95. The summed E-state index contributed by atoms with van der Waals surface area (Å²) in [4.78, 5) is 33.0. The number of likely N-dealkylation sites (tertiary alicyclic amines) is 2. The number of amides is 2. The molecule has 2 fully saturated rings. The van der Waals surface area contributed by atoms with Gasteiger partial charge < -0.3 is 9.80 Å². The summed E-state index contributed by atoms with van der Waals surface area (Å²) in [5.41, 5.74) is 0.201. The molecule has 1 spiro atoms. The zero-order chi connectivity index (χ0) is 15.6. The second kappa shape index (κ2) is 5.91. The van der Waals surface area contributed by atoms with Gasteiger partial charge in [0, 0.05) is 38.6 Å². The number of rotatable bonds is 3. The van der Waals surface area contributed by atoms with Gasteiger partial charge in [0.25, 0.3) is 5.91 Å². The third kappa shape index (κ3) is 2.51.